The molecule has 1 aliphatic heterocycles. The maximum atomic E-state index is 12.3. The molecule has 98 valence electrons. The van der Waals surface area contributed by atoms with Crippen molar-refractivity contribution in [3.8, 4) is 0 Å². The Bertz CT molecular complexity index is 427. The van der Waals surface area contributed by atoms with E-state index in [0.717, 1.165) is 19.5 Å². The Balaban J connectivity index is 2.10. The van der Waals surface area contributed by atoms with E-state index in [1.807, 2.05) is 4.90 Å². The number of hydrogen-bond donors (Lipinski definition) is 1. The Kier molecular flexibility index (Phi) is 3.50. The van der Waals surface area contributed by atoms with E-state index in [-0.39, 0.29) is 11.3 Å². The lowest BCUT2D eigenvalue weighted by Crippen LogP contribution is -2.43. The fraction of sp³-hybridized carbons (Fsp3) is 0.615. The molecule has 1 N–H and O–H groups in total. The highest BCUT2D eigenvalue weighted by Crippen LogP contribution is 2.28. The van der Waals surface area contributed by atoms with Crippen LogP contribution >= 0.6 is 0 Å². The highest BCUT2D eigenvalue weighted by atomic mass is 16.2. The van der Waals surface area contributed by atoms with Crippen molar-refractivity contribution in [1.29, 1.82) is 0 Å². The smallest absolute Gasteiger partial charge is 0.274 e. The van der Waals surface area contributed by atoms with Crippen molar-refractivity contribution >= 4 is 11.7 Å². The number of amides is 1. The summed E-state index contributed by atoms with van der Waals surface area (Å²) < 4.78 is 0. The van der Waals surface area contributed by atoms with Gasteiger partial charge < -0.3 is 10.2 Å². The van der Waals surface area contributed by atoms with Gasteiger partial charge in [-0.2, -0.15) is 0 Å². The van der Waals surface area contributed by atoms with E-state index < -0.39 is 0 Å². The molecule has 1 aliphatic rings. The van der Waals surface area contributed by atoms with Gasteiger partial charge in [-0.25, -0.2) is 9.97 Å². The van der Waals surface area contributed by atoms with Crippen molar-refractivity contribution in [2.45, 2.75) is 26.7 Å². The normalized spacial score (nSPS) is 18.5. The van der Waals surface area contributed by atoms with Crippen LogP contribution in [0.25, 0.3) is 0 Å². The molecule has 0 aromatic carbocycles. The molecule has 0 aliphatic carbocycles. The van der Waals surface area contributed by atoms with Crippen molar-refractivity contribution < 1.29 is 4.79 Å². The summed E-state index contributed by atoms with van der Waals surface area (Å²) in [6, 6.07) is 0. The average Bonchev–Trinajstić information content (AvgIpc) is 2.37. The number of carbonyl (C=O) groups excluding carboxylic acids is 1. The first-order valence-electron chi connectivity index (χ1n) is 6.31. The summed E-state index contributed by atoms with van der Waals surface area (Å²) in [4.78, 5) is 22.5. The summed E-state index contributed by atoms with van der Waals surface area (Å²) in [5.74, 6) is 0.656. The van der Waals surface area contributed by atoms with Gasteiger partial charge in [0.05, 0.1) is 12.4 Å². The Morgan fingerprint density at radius 2 is 2.17 bits per heavy atom. The second-order valence-electron chi connectivity index (χ2n) is 5.53. The lowest BCUT2D eigenvalue weighted by Gasteiger charge is -2.37. The lowest BCUT2D eigenvalue weighted by atomic mass is 9.84. The Labute approximate surface area is 108 Å². The van der Waals surface area contributed by atoms with Gasteiger partial charge in [0.2, 0.25) is 0 Å². The van der Waals surface area contributed by atoms with Crippen molar-refractivity contribution in [2.75, 3.05) is 25.5 Å². The number of piperidine rings is 1. The van der Waals surface area contributed by atoms with E-state index >= 15 is 0 Å². The largest absolute Gasteiger partial charge is 0.372 e. The Hall–Kier alpha value is -1.65. The van der Waals surface area contributed by atoms with Gasteiger partial charge in [0.1, 0.15) is 11.5 Å². The summed E-state index contributed by atoms with van der Waals surface area (Å²) in [6.45, 7) is 6.00. The molecular weight excluding hydrogens is 228 g/mol. The molecule has 5 nitrogen and oxygen atoms in total. The van der Waals surface area contributed by atoms with Crippen molar-refractivity contribution in [1.82, 2.24) is 14.9 Å². The van der Waals surface area contributed by atoms with Gasteiger partial charge in [-0.1, -0.05) is 13.8 Å². The van der Waals surface area contributed by atoms with Crippen LogP contribution in [0.15, 0.2) is 12.4 Å². The predicted molar refractivity (Wildman–Crippen MR) is 70.5 cm³/mol. The number of rotatable bonds is 2. The third kappa shape index (κ3) is 2.78. The molecule has 2 heterocycles. The predicted octanol–water partition coefficient (Wildman–Crippen LogP) is 1.78. The number of likely N-dealkylation sites (tertiary alicyclic amines) is 1. The quantitative estimate of drug-likeness (QED) is 0.866. The van der Waals surface area contributed by atoms with E-state index in [9.17, 15) is 4.79 Å². The van der Waals surface area contributed by atoms with E-state index in [1.54, 1.807) is 13.2 Å². The third-order valence-electron chi connectivity index (χ3n) is 3.31. The zero-order chi connectivity index (χ0) is 13.2. The molecule has 18 heavy (non-hydrogen) atoms. The molecular formula is C13H20N4O. The van der Waals surface area contributed by atoms with Crippen LogP contribution in [0.5, 0.6) is 0 Å². The summed E-state index contributed by atoms with van der Waals surface area (Å²) in [5.41, 5.74) is 0.624. The summed E-state index contributed by atoms with van der Waals surface area (Å²) in [5, 5.41) is 2.89. The van der Waals surface area contributed by atoms with E-state index in [1.165, 1.54) is 12.6 Å². The van der Waals surface area contributed by atoms with Gasteiger partial charge >= 0.3 is 0 Å². The second kappa shape index (κ2) is 4.92. The molecule has 1 saturated heterocycles. The molecule has 0 spiro atoms. The number of aromatic nitrogens is 2. The molecule has 1 aromatic heterocycles. The van der Waals surface area contributed by atoms with Crippen molar-refractivity contribution in [3.05, 3.63) is 18.1 Å². The molecule has 1 amide bonds. The summed E-state index contributed by atoms with van der Waals surface area (Å²) in [7, 11) is 1.78. The van der Waals surface area contributed by atoms with Crippen LogP contribution < -0.4 is 5.32 Å². The number of hydrogen-bond acceptors (Lipinski definition) is 4. The van der Waals surface area contributed by atoms with Crippen LogP contribution in [-0.4, -0.2) is 40.9 Å². The van der Waals surface area contributed by atoms with Crippen LogP contribution in [0.3, 0.4) is 0 Å². The van der Waals surface area contributed by atoms with Gasteiger partial charge in [-0.15, -0.1) is 0 Å². The highest BCUT2D eigenvalue weighted by Gasteiger charge is 2.30. The standard InChI is InChI=1S/C13H20N4O/c1-13(2)5-4-6-17(9-13)12(18)10-7-16-11(14-3)8-15-10/h7-8H,4-6,9H2,1-3H3,(H,14,16). The van der Waals surface area contributed by atoms with Gasteiger partial charge in [0.15, 0.2) is 0 Å². The maximum Gasteiger partial charge on any atom is 0.274 e. The minimum Gasteiger partial charge on any atom is -0.372 e. The van der Waals surface area contributed by atoms with E-state index in [0.29, 0.717) is 11.5 Å². The molecule has 1 aromatic rings. The molecule has 1 fully saturated rings. The SMILES string of the molecule is CNc1cnc(C(=O)N2CCCC(C)(C)C2)cn1. The molecule has 0 atom stereocenters. The van der Waals surface area contributed by atoms with Gasteiger partial charge in [0.25, 0.3) is 5.91 Å². The van der Waals surface area contributed by atoms with Crippen LogP contribution in [0.2, 0.25) is 0 Å². The molecule has 2 rings (SSSR count). The average molecular weight is 248 g/mol. The number of nitrogens with one attached hydrogen (secondary N) is 1. The summed E-state index contributed by atoms with van der Waals surface area (Å²) in [6.07, 6.45) is 5.35. The number of anilines is 1. The second-order valence-corrected chi connectivity index (χ2v) is 5.53. The highest BCUT2D eigenvalue weighted by molar-refractivity contribution is 5.92. The first-order chi connectivity index (χ1) is 8.52. The first-order valence-corrected chi connectivity index (χ1v) is 6.31. The van der Waals surface area contributed by atoms with Gasteiger partial charge in [-0.3, -0.25) is 4.79 Å². The van der Waals surface area contributed by atoms with Crippen LogP contribution in [0.1, 0.15) is 37.2 Å². The van der Waals surface area contributed by atoms with Crippen LogP contribution in [-0.2, 0) is 0 Å². The fourth-order valence-corrected chi connectivity index (χ4v) is 2.33. The summed E-state index contributed by atoms with van der Waals surface area (Å²) >= 11 is 0. The van der Waals surface area contributed by atoms with Crippen molar-refractivity contribution in [2.24, 2.45) is 5.41 Å². The number of carbonyl (C=O) groups is 1. The molecule has 0 saturated carbocycles. The fourth-order valence-electron chi connectivity index (χ4n) is 2.33. The minimum absolute atomic E-state index is 0.0158. The minimum atomic E-state index is -0.0158. The van der Waals surface area contributed by atoms with Crippen LogP contribution in [0, 0.1) is 5.41 Å². The van der Waals surface area contributed by atoms with Crippen molar-refractivity contribution in [3.63, 3.8) is 0 Å². The van der Waals surface area contributed by atoms with E-state index in [4.69, 9.17) is 0 Å². The topological polar surface area (TPSA) is 58.1 Å². The van der Waals surface area contributed by atoms with Crippen LogP contribution in [0.4, 0.5) is 5.82 Å². The monoisotopic (exact) mass is 248 g/mol. The first kappa shape index (κ1) is 12.8. The molecule has 0 bridgehead atoms. The Morgan fingerprint density at radius 3 is 2.72 bits per heavy atom. The van der Waals surface area contributed by atoms with Gasteiger partial charge in [-0.05, 0) is 18.3 Å². The lowest BCUT2D eigenvalue weighted by molar-refractivity contribution is 0.0577. The molecule has 5 heteroatoms. The van der Waals surface area contributed by atoms with E-state index in [2.05, 4.69) is 29.1 Å². The van der Waals surface area contributed by atoms with Gasteiger partial charge in [0, 0.05) is 20.1 Å². The number of nitrogens with zero attached hydrogens (tertiary/aromatic N) is 3. The molecule has 0 unspecified atom stereocenters. The third-order valence-corrected chi connectivity index (χ3v) is 3.31. The zero-order valence-corrected chi connectivity index (χ0v) is 11.2. The Morgan fingerprint density at radius 1 is 1.39 bits per heavy atom. The molecule has 0 radical (unpaired) electrons. The zero-order valence-electron chi connectivity index (χ0n) is 11.2. The maximum absolute atomic E-state index is 12.3.